The van der Waals surface area contributed by atoms with Gasteiger partial charge in [-0.3, -0.25) is 4.79 Å². The van der Waals surface area contributed by atoms with Gasteiger partial charge in [-0.1, -0.05) is 72.6 Å². The van der Waals surface area contributed by atoms with Crippen molar-refractivity contribution < 1.29 is 28.6 Å². The van der Waals surface area contributed by atoms with Gasteiger partial charge in [-0.05, 0) is 114 Å². The van der Waals surface area contributed by atoms with Gasteiger partial charge in [0.2, 0.25) is 6.08 Å². The van der Waals surface area contributed by atoms with Crippen molar-refractivity contribution in [3.8, 4) is 11.5 Å². The van der Waals surface area contributed by atoms with Gasteiger partial charge in [0.05, 0.1) is 13.2 Å². The molecular formula is C40H66N2O6. The van der Waals surface area contributed by atoms with Crippen LogP contribution in [0.5, 0.6) is 11.5 Å². The summed E-state index contributed by atoms with van der Waals surface area (Å²) in [7, 11) is 0. The normalized spacial score (nSPS) is 17.5. The molecule has 0 spiro atoms. The Morgan fingerprint density at radius 3 is 2.17 bits per heavy atom. The standard InChI is InChI=1S/C40H66N2O6/c1-10-46-39(45)35(21-11-12-25-41-27-43)42-36(44)26-47-37-31(6)32(7)38-34(33(37)8)22-24-40(9,48-38)23-15-20-30(5)19-14-18-29(4)17-13-16-28(2)3/h28-30,35H,10-26H2,1-9H3,(H,42,44)/t29-,30-,35+,40-/m1/s1. The summed E-state index contributed by atoms with van der Waals surface area (Å²) < 4.78 is 18.1. The van der Waals surface area contributed by atoms with Gasteiger partial charge in [0.1, 0.15) is 23.1 Å². The Balaban J connectivity index is 1.91. The van der Waals surface area contributed by atoms with Gasteiger partial charge < -0.3 is 19.5 Å². The lowest BCUT2D eigenvalue weighted by atomic mass is 9.83. The Kier molecular flexibility index (Phi) is 18.3. The number of ether oxygens (including phenoxy) is 3. The van der Waals surface area contributed by atoms with E-state index in [1.807, 2.05) is 13.8 Å². The first kappa shape index (κ1) is 41.3. The van der Waals surface area contributed by atoms with Crippen molar-refractivity contribution in [3.05, 3.63) is 22.3 Å². The molecule has 48 heavy (non-hydrogen) atoms. The number of rotatable bonds is 23. The molecular weight excluding hydrogens is 604 g/mol. The number of hydrogen-bond donors (Lipinski definition) is 1. The van der Waals surface area contributed by atoms with Gasteiger partial charge in [-0.15, -0.1) is 0 Å². The molecule has 0 saturated heterocycles. The number of nitrogens with zero attached hydrogens (tertiary/aromatic N) is 1. The van der Waals surface area contributed by atoms with Crippen LogP contribution < -0.4 is 14.8 Å². The number of unbranched alkanes of at least 4 members (excludes halogenated alkanes) is 1. The summed E-state index contributed by atoms with van der Waals surface area (Å²) in [5, 5.41) is 2.77. The van der Waals surface area contributed by atoms with E-state index in [1.54, 1.807) is 6.92 Å². The molecule has 1 aliphatic rings. The van der Waals surface area contributed by atoms with E-state index in [1.165, 1.54) is 57.4 Å². The first-order valence-corrected chi connectivity index (χ1v) is 18.8. The lowest BCUT2D eigenvalue weighted by Gasteiger charge is -2.38. The summed E-state index contributed by atoms with van der Waals surface area (Å²) in [4.78, 5) is 39.2. The van der Waals surface area contributed by atoms with E-state index in [9.17, 15) is 14.4 Å². The third-order valence-electron chi connectivity index (χ3n) is 10.2. The first-order valence-electron chi connectivity index (χ1n) is 18.8. The van der Waals surface area contributed by atoms with Crippen LogP contribution in [-0.2, 0) is 25.5 Å². The zero-order chi connectivity index (χ0) is 35.7. The van der Waals surface area contributed by atoms with Crippen molar-refractivity contribution in [1.82, 2.24) is 5.32 Å². The van der Waals surface area contributed by atoms with E-state index in [4.69, 9.17) is 14.2 Å². The Morgan fingerprint density at radius 1 is 0.896 bits per heavy atom. The Bertz CT molecular complexity index is 1210. The fourth-order valence-corrected chi connectivity index (χ4v) is 6.93. The van der Waals surface area contributed by atoms with Gasteiger partial charge >= 0.3 is 5.97 Å². The number of carbonyl (C=O) groups excluding carboxylic acids is 3. The SMILES string of the molecule is CCOC(=O)[C@H](CCCCN=C=O)NC(=O)COc1c(C)c(C)c2c(c1C)CC[C@@](C)(CCC[C@H](C)CCC[C@H](C)CCCC(C)C)O2. The third-order valence-corrected chi connectivity index (χ3v) is 10.2. The highest BCUT2D eigenvalue weighted by atomic mass is 16.5. The molecule has 4 atom stereocenters. The number of fused-ring (bicyclic) bond motifs is 1. The Morgan fingerprint density at radius 2 is 1.54 bits per heavy atom. The third kappa shape index (κ3) is 13.9. The minimum atomic E-state index is -0.782. The van der Waals surface area contributed by atoms with E-state index in [0.717, 1.165) is 65.0 Å². The maximum atomic E-state index is 12.9. The quantitative estimate of drug-likeness (QED) is 0.0539. The maximum Gasteiger partial charge on any atom is 0.328 e. The van der Waals surface area contributed by atoms with Crippen molar-refractivity contribution in [2.45, 2.75) is 164 Å². The predicted octanol–water partition coefficient (Wildman–Crippen LogP) is 9.07. The lowest BCUT2D eigenvalue weighted by Crippen LogP contribution is -2.44. The molecule has 272 valence electrons. The monoisotopic (exact) mass is 670 g/mol. The van der Waals surface area contributed by atoms with E-state index in [-0.39, 0.29) is 24.7 Å². The largest absolute Gasteiger partial charge is 0.487 e. The van der Waals surface area contributed by atoms with Gasteiger partial charge in [0.15, 0.2) is 6.61 Å². The van der Waals surface area contributed by atoms with E-state index in [0.29, 0.717) is 31.6 Å². The molecule has 0 aliphatic carbocycles. The van der Waals surface area contributed by atoms with Crippen LogP contribution in [0.25, 0.3) is 0 Å². The molecule has 0 radical (unpaired) electrons. The molecule has 1 aromatic rings. The van der Waals surface area contributed by atoms with Crippen molar-refractivity contribution in [1.29, 1.82) is 0 Å². The molecule has 0 unspecified atom stereocenters. The van der Waals surface area contributed by atoms with E-state index in [2.05, 4.69) is 51.9 Å². The summed E-state index contributed by atoms with van der Waals surface area (Å²) in [6, 6.07) is -0.782. The van der Waals surface area contributed by atoms with Crippen molar-refractivity contribution >= 4 is 18.0 Å². The van der Waals surface area contributed by atoms with Crippen LogP contribution in [0.4, 0.5) is 0 Å². The number of nitrogens with one attached hydrogen (secondary N) is 1. The van der Waals surface area contributed by atoms with Gasteiger partial charge in [-0.25, -0.2) is 14.6 Å². The van der Waals surface area contributed by atoms with Crippen LogP contribution in [0.15, 0.2) is 4.99 Å². The second-order valence-electron chi connectivity index (χ2n) is 15.1. The number of benzene rings is 1. The van der Waals surface area contributed by atoms with Crippen LogP contribution in [0, 0.1) is 38.5 Å². The average molecular weight is 671 g/mol. The molecule has 0 aromatic heterocycles. The minimum Gasteiger partial charge on any atom is -0.487 e. The molecule has 1 N–H and O–H groups in total. The number of aliphatic imine (C=N–C) groups is 1. The molecule has 1 heterocycles. The summed E-state index contributed by atoms with van der Waals surface area (Å²) in [6.45, 7) is 19.9. The molecule has 1 amide bonds. The number of hydrogen-bond acceptors (Lipinski definition) is 7. The van der Waals surface area contributed by atoms with Gasteiger partial charge in [-0.2, -0.15) is 0 Å². The molecule has 0 fully saturated rings. The van der Waals surface area contributed by atoms with Gasteiger partial charge in [0, 0.05) is 5.56 Å². The topological polar surface area (TPSA) is 103 Å². The lowest BCUT2D eigenvalue weighted by molar-refractivity contribution is -0.147. The van der Waals surface area contributed by atoms with Crippen LogP contribution in [0.2, 0.25) is 0 Å². The molecule has 1 aliphatic heterocycles. The molecule has 0 bridgehead atoms. The smallest absolute Gasteiger partial charge is 0.328 e. The molecule has 0 saturated carbocycles. The summed E-state index contributed by atoms with van der Waals surface area (Å²) >= 11 is 0. The number of esters is 1. The van der Waals surface area contributed by atoms with Crippen molar-refractivity contribution in [2.75, 3.05) is 19.8 Å². The van der Waals surface area contributed by atoms with Crippen molar-refractivity contribution in [3.63, 3.8) is 0 Å². The molecule has 8 nitrogen and oxygen atoms in total. The van der Waals surface area contributed by atoms with Crippen LogP contribution in [0.3, 0.4) is 0 Å². The summed E-state index contributed by atoms with van der Waals surface area (Å²) in [5.74, 6) is 3.20. The summed E-state index contributed by atoms with van der Waals surface area (Å²) in [6.07, 6.45) is 16.5. The van der Waals surface area contributed by atoms with E-state index >= 15 is 0 Å². The molecule has 8 heteroatoms. The van der Waals surface area contributed by atoms with Gasteiger partial charge in [0.25, 0.3) is 5.91 Å². The zero-order valence-corrected chi connectivity index (χ0v) is 31.7. The van der Waals surface area contributed by atoms with Crippen molar-refractivity contribution in [2.24, 2.45) is 22.7 Å². The number of amides is 1. The fraction of sp³-hybridized carbons (Fsp3) is 0.775. The second-order valence-corrected chi connectivity index (χ2v) is 15.1. The Labute approximate surface area is 291 Å². The van der Waals surface area contributed by atoms with Crippen LogP contribution in [0.1, 0.15) is 147 Å². The number of carbonyl (C=O) groups is 2. The predicted molar refractivity (Wildman–Crippen MR) is 194 cm³/mol. The molecule has 2 rings (SSSR count). The second kappa shape index (κ2) is 21.3. The number of isocyanates is 1. The highest BCUT2D eigenvalue weighted by Crippen LogP contribution is 2.45. The zero-order valence-electron chi connectivity index (χ0n) is 31.7. The molecule has 1 aromatic carbocycles. The van der Waals surface area contributed by atoms with Crippen LogP contribution >= 0.6 is 0 Å². The average Bonchev–Trinajstić information content (AvgIpc) is 3.02. The highest BCUT2D eigenvalue weighted by molar-refractivity contribution is 5.85. The minimum absolute atomic E-state index is 0.189. The highest BCUT2D eigenvalue weighted by Gasteiger charge is 2.34. The fourth-order valence-electron chi connectivity index (χ4n) is 6.93. The Hall–Kier alpha value is -2.86. The maximum absolute atomic E-state index is 12.9. The van der Waals surface area contributed by atoms with E-state index < -0.39 is 12.0 Å². The van der Waals surface area contributed by atoms with Crippen LogP contribution in [-0.4, -0.2) is 49.4 Å². The first-order chi connectivity index (χ1) is 22.8. The summed E-state index contributed by atoms with van der Waals surface area (Å²) in [5.41, 5.74) is 3.99.